The molecule has 8 nitrogen and oxygen atoms in total. The molecule has 1 aromatic carbocycles. The number of Topliss-reactive ketones (excluding diaryl/α,β-unsaturated/α-hetero) is 1. The van der Waals surface area contributed by atoms with Crippen molar-refractivity contribution in [3.63, 3.8) is 0 Å². The summed E-state index contributed by atoms with van der Waals surface area (Å²) in [6.07, 6.45) is 1.77. The monoisotopic (exact) mass is 480 g/mol. The van der Waals surface area contributed by atoms with Crippen LogP contribution in [0.25, 0.3) is 11.4 Å². The molecule has 4 heterocycles. The Labute approximate surface area is 202 Å². The number of halogens is 1. The number of aromatic nitrogens is 2. The molecule has 2 fully saturated rings. The molecule has 2 aromatic heterocycles. The first kappa shape index (κ1) is 22.6. The minimum absolute atomic E-state index is 0.0584. The molecule has 1 amide bonds. The second-order valence-corrected chi connectivity index (χ2v) is 8.91. The van der Waals surface area contributed by atoms with E-state index >= 15 is 0 Å². The van der Waals surface area contributed by atoms with E-state index in [9.17, 15) is 14.7 Å². The van der Waals surface area contributed by atoms with Gasteiger partial charge in [0.05, 0.1) is 30.5 Å². The minimum Gasteiger partial charge on any atom is -0.505 e. The Hall–Kier alpha value is -3.20. The van der Waals surface area contributed by atoms with Gasteiger partial charge in [-0.25, -0.2) is 4.98 Å². The molecule has 0 aliphatic carbocycles. The van der Waals surface area contributed by atoms with Crippen molar-refractivity contribution in [2.24, 2.45) is 0 Å². The van der Waals surface area contributed by atoms with E-state index in [0.717, 1.165) is 13.1 Å². The first-order chi connectivity index (χ1) is 16.5. The molecular formula is C25H25ClN4O4. The second-order valence-electron chi connectivity index (χ2n) is 8.47. The van der Waals surface area contributed by atoms with Gasteiger partial charge in [0, 0.05) is 37.4 Å². The highest BCUT2D eigenvalue weighted by atomic mass is 35.5. The first-order valence-corrected chi connectivity index (χ1v) is 11.6. The van der Waals surface area contributed by atoms with Crippen molar-refractivity contribution in [2.75, 3.05) is 39.4 Å². The Morgan fingerprint density at radius 3 is 2.59 bits per heavy atom. The van der Waals surface area contributed by atoms with Crippen molar-refractivity contribution in [3.05, 3.63) is 76.2 Å². The highest BCUT2D eigenvalue weighted by molar-refractivity contribution is 6.46. The van der Waals surface area contributed by atoms with Crippen molar-refractivity contribution < 1.29 is 19.4 Å². The highest BCUT2D eigenvalue weighted by Gasteiger charge is 2.46. The maximum absolute atomic E-state index is 13.3. The lowest BCUT2D eigenvalue weighted by Crippen LogP contribution is -2.42. The van der Waals surface area contributed by atoms with Crippen molar-refractivity contribution >= 4 is 34.7 Å². The predicted molar refractivity (Wildman–Crippen MR) is 128 cm³/mol. The number of aliphatic hydroxyl groups excluding tert-OH is 1. The average molecular weight is 481 g/mol. The Morgan fingerprint density at radius 1 is 1.12 bits per heavy atom. The summed E-state index contributed by atoms with van der Waals surface area (Å²) >= 11 is 6.10. The second kappa shape index (κ2) is 9.21. The third-order valence-electron chi connectivity index (χ3n) is 6.42. The van der Waals surface area contributed by atoms with Gasteiger partial charge in [-0.05, 0) is 36.8 Å². The summed E-state index contributed by atoms with van der Waals surface area (Å²) < 4.78 is 7.14. The molecule has 1 N–H and O–H groups in total. The Kier molecular flexibility index (Phi) is 6.12. The summed E-state index contributed by atoms with van der Waals surface area (Å²) in [5.41, 5.74) is 2.38. The average Bonchev–Trinajstić information content (AvgIpc) is 3.31. The van der Waals surface area contributed by atoms with Gasteiger partial charge in [-0.15, -0.1) is 0 Å². The van der Waals surface area contributed by atoms with Crippen LogP contribution in [0.2, 0.25) is 5.02 Å². The van der Waals surface area contributed by atoms with Crippen molar-refractivity contribution in [3.8, 4) is 0 Å². The standard InChI is InChI=1S/C25H25ClN4O4/c1-16-21(29-9-3-2-4-19(29)27-16)23(31)20-22(17-5-7-18(26)8-6-17)30(25(33)24(20)32)11-10-28-12-14-34-15-13-28/h2-9,22,31H,10-15H2,1H3. The number of aliphatic hydroxyl groups is 1. The van der Waals surface area contributed by atoms with Gasteiger partial charge in [-0.2, -0.15) is 0 Å². The maximum Gasteiger partial charge on any atom is 0.295 e. The Balaban J connectivity index is 1.60. The van der Waals surface area contributed by atoms with E-state index in [1.807, 2.05) is 18.2 Å². The molecule has 0 saturated carbocycles. The van der Waals surface area contributed by atoms with E-state index < -0.39 is 17.7 Å². The summed E-state index contributed by atoms with van der Waals surface area (Å²) in [6, 6.07) is 11.8. The molecule has 0 radical (unpaired) electrons. The van der Waals surface area contributed by atoms with Gasteiger partial charge in [0.2, 0.25) is 0 Å². The number of morpholine rings is 1. The lowest BCUT2D eigenvalue weighted by molar-refractivity contribution is -0.140. The molecule has 1 atom stereocenters. The van der Waals surface area contributed by atoms with Crippen LogP contribution in [0.15, 0.2) is 54.2 Å². The summed E-state index contributed by atoms with van der Waals surface area (Å²) in [5, 5.41) is 12.0. The van der Waals surface area contributed by atoms with Gasteiger partial charge >= 0.3 is 0 Å². The number of imidazole rings is 1. The summed E-state index contributed by atoms with van der Waals surface area (Å²) in [7, 11) is 0. The van der Waals surface area contributed by atoms with Crippen LogP contribution in [0.4, 0.5) is 0 Å². The molecule has 3 aromatic rings. The zero-order valence-corrected chi connectivity index (χ0v) is 19.5. The topological polar surface area (TPSA) is 87.4 Å². The van der Waals surface area contributed by atoms with Crippen LogP contribution in [0.5, 0.6) is 0 Å². The lowest BCUT2D eigenvalue weighted by Gasteiger charge is -2.31. The van der Waals surface area contributed by atoms with E-state index in [1.54, 1.807) is 46.7 Å². The number of ketones is 1. The number of fused-ring (bicyclic) bond motifs is 1. The fourth-order valence-electron chi connectivity index (χ4n) is 4.70. The number of benzene rings is 1. The van der Waals surface area contributed by atoms with Crippen LogP contribution in [0, 0.1) is 6.92 Å². The van der Waals surface area contributed by atoms with Crippen LogP contribution in [0.3, 0.4) is 0 Å². The van der Waals surface area contributed by atoms with Gasteiger partial charge in [0.15, 0.2) is 5.76 Å². The molecule has 2 saturated heterocycles. The number of rotatable bonds is 5. The van der Waals surface area contributed by atoms with Crippen molar-refractivity contribution in [1.82, 2.24) is 19.2 Å². The van der Waals surface area contributed by atoms with E-state index in [0.29, 0.717) is 53.9 Å². The van der Waals surface area contributed by atoms with E-state index in [1.165, 1.54) is 0 Å². The Morgan fingerprint density at radius 2 is 1.85 bits per heavy atom. The van der Waals surface area contributed by atoms with Gasteiger partial charge in [0.25, 0.3) is 11.7 Å². The number of nitrogens with zero attached hydrogens (tertiary/aromatic N) is 4. The van der Waals surface area contributed by atoms with Gasteiger partial charge in [-0.3, -0.25) is 18.9 Å². The number of hydrogen-bond donors (Lipinski definition) is 1. The van der Waals surface area contributed by atoms with E-state index in [4.69, 9.17) is 16.3 Å². The fraction of sp³-hybridized carbons (Fsp3) is 0.320. The summed E-state index contributed by atoms with van der Waals surface area (Å²) in [4.78, 5) is 34.8. The first-order valence-electron chi connectivity index (χ1n) is 11.2. The minimum atomic E-state index is -0.730. The smallest absolute Gasteiger partial charge is 0.295 e. The quantitative estimate of drug-likeness (QED) is 0.343. The highest BCUT2D eigenvalue weighted by Crippen LogP contribution is 2.40. The number of carbonyl (C=O) groups excluding carboxylic acids is 2. The van der Waals surface area contributed by atoms with Crippen molar-refractivity contribution in [1.29, 1.82) is 0 Å². The number of likely N-dealkylation sites (tertiary alicyclic amines) is 1. The molecule has 5 rings (SSSR count). The Bertz CT molecular complexity index is 1280. The molecule has 2 aliphatic heterocycles. The van der Waals surface area contributed by atoms with Gasteiger partial charge < -0.3 is 14.7 Å². The van der Waals surface area contributed by atoms with E-state index in [-0.39, 0.29) is 11.3 Å². The largest absolute Gasteiger partial charge is 0.505 e. The maximum atomic E-state index is 13.3. The number of pyridine rings is 1. The molecule has 0 spiro atoms. The SMILES string of the molecule is Cc1nc2ccccn2c1C(O)=C1C(=O)C(=O)N(CCN2CCOCC2)C1c1ccc(Cl)cc1. The van der Waals surface area contributed by atoms with Crippen LogP contribution >= 0.6 is 11.6 Å². The molecule has 1 unspecified atom stereocenters. The van der Waals surface area contributed by atoms with E-state index in [2.05, 4.69) is 9.88 Å². The van der Waals surface area contributed by atoms with Crippen LogP contribution in [0.1, 0.15) is 23.0 Å². The molecule has 176 valence electrons. The number of aryl methyl sites for hydroxylation is 1. The van der Waals surface area contributed by atoms with Gasteiger partial charge in [0.1, 0.15) is 11.3 Å². The van der Waals surface area contributed by atoms with Crippen LogP contribution < -0.4 is 0 Å². The number of amides is 1. The fourth-order valence-corrected chi connectivity index (χ4v) is 4.83. The summed E-state index contributed by atoms with van der Waals surface area (Å²) in [6.45, 7) is 5.57. The van der Waals surface area contributed by atoms with Crippen molar-refractivity contribution in [2.45, 2.75) is 13.0 Å². The number of carbonyl (C=O) groups is 2. The molecular weight excluding hydrogens is 456 g/mol. The molecule has 34 heavy (non-hydrogen) atoms. The summed E-state index contributed by atoms with van der Waals surface area (Å²) in [5.74, 6) is -1.56. The zero-order valence-electron chi connectivity index (χ0n) is 18.8. The third kappa shape index (κ3) is 3.98. The molecule has 2 aliphatic rings. The molecule has 0 bridgehead atoms. The third-order valence-corrected chi connectivity index (χ3v) is 6.67. The van der Waals surface area contributed by atoms with Gasteiger partial charge in [-0.1, -0.05) is 29.8 Å². The lowest BCUT2D eigenvalue weighted by atomic mass is 9.96. The predicted octanol–water partition coefficient (Wildman–Crippen LogP) is 3.05. The van der Waals surface area contributed by atoms with Crippen LogP contribution in [-0.2, 0) is 14.3 Å². The number of hydrogen-bond acceptors (Lipinski definition) is 6. The van der Waals surface area contributed by atoms with Crippen LogP contribution in [-0.4, -0.2) is 75.4 Å². The molecule has 9 heteroatoms. The number of ether oxygens (including phenoxy) is 1. The normalized spacial score (nSPS) is 21.0. The zero-order chi connectivity index (χ0) is 23.8.